The highest BCUT2D eigenvalue weighted by atomic mass is 16.4. The van der Waals surface area contributed by atoms with Gasteiger partial charge in [0.25, 0.3) is 0 Å². The fraction of sp³-hybridized carbons (Fsp3) is 0.400. The lowest BCUT2D eigenvalue weighted by atomic mass is 10.0. The number of carbonyl (C=O) groups excluding carboxylic acids is 5. The van der Waals surface area contributed by atoms with Crippen molar-refractivity contribution in [1.29, 1.82) is 0 Å². The zero-order chi connectivity index (χ0) is 25.8. The molecule has 0 saturated heterocycles. The number of rotatable bonds is 14. The van der Waals surface area contributed by atoms with Crippen LogP contribution in [0.4, 0.5) is 0 Å². The molecule has 0 aliphatic rings. The Balaban J connectivity index is 2.91. The van der Waals surface area contributed by atoms with Crippen LogP contribution in [0.25, 0.3) is 0 Å². The number of benzene rings is 1. The average Bonchev–Trinajstić information content (AvgIpc) is 2.75. The molecular weight excluding hydrogens is 452 g/mol. The third-order valence-corrected chi connectivity index (χ3v) is 4.49. The van der Waals surface area contributed by atoms with E-state index in [0.29, 0.717) is 5.56 Å². The molecule has 0 radical (unpaired) electrons. The SMILES string of the molecule is NC(=O)CCC(NC(=O)C(N)Cc1ccc(O)cc1)C(=O)NC(CC(N)=O)C(=O)NCC(=O)O. The van der Waals surface area contributed by atoms with Crippen LogP contribution in [0.1, 0.15) is 24.8 Å². The minimum absolute atomic E-state index is 0.0304. The van der Waals surface area contributed by atoms with Gasteiger partial charge in [-0.2, -0.15) is 0 Å². The number of carboxylic acid groups (broad SMARTS) is 1. The summed E-state index contributed by atoms with van der Waals surface area (Å²) in [6.07, 6.45) is -1.11. The number of carbonyl (C=O) groups is 6. The Morgan fingerprint density at radius 2 is 1.44 bits per heavy atom. The normalized spacial score (nSPS) is 13.1. The maximum Gasteiger partial charge on any atom is 0.322 e. The van der Waals surface area contributed by atoms with E-state index in [1.807, 2.05) is 5.32 Å². The van der Waals surface area contributed by atoms with Crippen molar-refractivity contribution in [3.63, 3.8) is 0 Å². The highest BCUT2D eigenvalue weighted by Crippen LogP contribution is 2.11. The summed E-state index contributed by atoms with van der Waals surface area (Å²) in [5.74, 6) is -5.71. The molecule has 186 valence electrons. The van der Waals surface area contributed by atoms with Crippen molar-refractivity contribution in [3.8, 4) is 5.75 Å². The molecule has 14 nitrogen and oxygen atoms in total. The van der Waals surface area contributed by atoms with Crippen LogP contribution in [0.15, 0.2) is 24.3 Å². The third kappa shape index (κ3) is 10.4. The quantitative estimate of drug-likeness (QED) is 0.132. The number of primary amides is 2. The number of nitrogens with one attached hydrogen (secondary N) is 3. The van der Waals surface area contributed by atoms with Gasteiger partial charge in [-0.25, -0.2) is 0 Å². The number of hydrogen-bond acceptors (Lipinski definition) is 8. The van der Waals surface area contributed by atoms with Crippen molar-refractivity contribution < 1.29 is 39.0 Å². The molecule has 1 rings (SSSR count). The second kappa shape index (κ2) is 13.4. The molecule has 0 spiro atoms. The van der Waals surface area contributed by atoms with E-state index in [2.05, 4.69) is 10.6 Å². The van der Waals surface area contributed by atoms with Gasteiger partial charge in [-0.1, -0.05) is 12.1 Å². The Kier molecular flexibility index (Phi) is 10.9. The number of carboxylic acids is 1. The van der Waals surface area contributed by atoms with Crippen LogP contribution in [0.2, 0.25) is 0 Å². The molecule has 14 heteroatoms. The van der Waals surface area contributed by atoms with Gasteiger partial charge in [-0.05, 0) is 30.5 Å². The van der Waals surface area contributed by atoms with Gasteiger partial charge in [0, 0.05) is 6.42 Å². The molecule has 34 heavy (non-hydrogen) atoms. The lowest BCUT2D eigenvalue weighted by molar-refractivity contribution is -0.138. The van der Waals surface area contributed by atoms with Gasteiger partial charge in [-0.3, -0.25) is 28.8 Å². The minimum atomic E-state index is -1.53. The predicted molar refractivity (Wildman–Crippen MR) is 117 cm³/mol. The van der Waals surface area contributed by atoms with Gasteiger partial charge in [-0.15, -0.1) is 0 Å². The van der Waals surface area contributed by atoms with E-state index in [0.717, 1.165) is 0 Å². The van der Waals surface area contributed by atoms with E-state index in [1.54, 1.807) is 12.1 Å². The zero-order valence-electron chi connectivity index (χ0n) is 18.2. The Morgan fingerprint density at radius 3 is 1.97 bits per heavy atom. The summed E-state index contributed by atoms with van der Waals surface area (Å²) >= 11 is 0. The van der Waals surface area contributed by atoms with Crippen LogP contribution < -0.4 is 33.2 Å². The van der Waals surface area contributed by atoms with E-state index in [9.17, 15) is 33.9 Å². The van der Waals surface area contributed by atoms with Gasteiger partial charge in [0.05, 0.1) is 12.5 Å². The van der Waals surface area contributed by atoms with Gasteiger partial charge in [0.15, 0.2) is 0 Å². The van der Waals surface area contributed by atoms with Crippen molar-refractivity contribution >= 4 is 35.5 Å². The number of phenols is 1. The fourth-order valence-corrected chi connectivity index (χ4v) is 2.78. The maximum atomic E-state index is 12.7. The molecule has 0 aliphatic heterocycles. The van der Waals surface area contributed by atoms with Crippen molar-refractivity contribution in [1.82, 2.24) is 16.0 Å². The van der Waals surface area contributed by atoms with E-state index < -0.39 is 66.6 Å². The highest BCUT2D eigenvalue weighted by Gasteiger charge is 2.29. The molecule has 0 saturated carbocycles. The summed E-state index contributed by atoms with van der Waals surface area (Å²) in [6, 6.07) is 1.97. The van der Waals surface area contributed by atoms with E-state index in [4.69, 9.17) is 22.3 Å². The van der Waals surface area contributed by atoms with Crippen LogP contribution in [0, 0.1) is 0 Å². The number of aromatic hydroxyl groups is 1. The van der Waals surface area contributed by atoms with E-state index >= 15 is 0 Å². The molecule has 5 amide bonds. The zero-order valence-corrected chi connectivity index (χ0v) is 18.2. The molecule has 0 bridgehead atoms. The van der Waals surface area contributed by atoms with Gasteiger partial charge in [0.1, 0.15) is 24.4 Å². The lowest BCUT2D eigenvalue weighted by Gasteiger charge is -2.23. The second-order valence-corrected chi connectivity index (χ2v) is 7.39. The lowest BCUT2D eigenvalue weighted by Crippen LogP contribution is -2.57. The number of amides is 5. The topological polar surface area (TPSA) is 257 Å². The van der Waals surface area contributed by atoms with Crippen molar-refractivity contribution in [3.05, 3.63) is 29.8 Å². The van der Waals surface area contributed by atoms with Crippen molar-refractivity contribution in [2.24, 2.45) is 17.2 Å². The largest absolute Gasteiger partial charge is 0.508 e. The smallest absolute Gasteiger partial charge is 0.322 e. The van der Waals surface area contributed by atoms with Gasteiger partial charge in [0.2, 0.25) is 29.5 Å². The molecule has 3 atom stereocenters. The van der Waals surface area contributed by atoms with Crippen molar-refractivity contribution in [2.75, 3.05) is 6.54 Å². The Bertz CT molecular complexity index is 920. The average molecular weight is 480 g/mol. The summed E-state index contributed by atoms with van der Waals surface area (Å²) in [5, 5.41) is 24.6. The first-order valence-corrected chi connectivity index (χ1v) is 10.1. The van der Waals surface area contributed by atoms with Gasteiger partial charge < -0.3 is 43.4 Å². The standard InChI is InChI=1S/C20H28N6O8/c21-12(7-10-1-3-11(27)4-2-10)18(32)25-13(5-6-15(22)28)20(34)26-14(8-16(23)29)19(33)24-9-17(30)31/h1-4,12-14,27H,5-9,21H2,(H2,22,28)(H2,23,29)(H,24,33)(H,25,32)(H,26,34)(H,30,31). The van der Waals surface area contributed by atoms with Crippen LogP contribution in [-0.2, 0) is 35.2 Å². The summed E-state index contributed by atoms with van der Waals surface area (Å²) in [7, 11) is 0. The Morgan fingerprint density at radius 1 is 0.853 bits per heavy atom. The third-order valence-electron chi connectivity index (χ3n) is 4.49. The molecule has 0 aromatic heterocycles. The summed E-state index contributed by atoms with van der Waals surface area (Å²) in [6.45, 7) is -0.766. The first-order valence-electron chi connectivity index (χ1n) is 10.1. The number of nitrogens with two attached hydrogens (primary N) is 3. The summed E-state index contributed by atoms with van der Waals surface area (Å²) in [4.78, 5) is 70.6. The Hall–Kier alpha value is -4.20. The summed E-state index contributed by atoms with van der Waals surface area (Å²) in [5.41, 5.74) is 16.7. The van der Waals surface area contributed by atoms with Crippen LogP contribution in [-0.4, -0.2) is 70.4 Å². The van der Waals surface area contributed by atoms with Gasteiger partial charge >= 0.3 is 5.97 Å². The molecule has 3 unspecified atom stereocenters. The van der Waals surface area contributed by atoms with E-state index in [1.165, 1.54) is 12.1 Å². The predicted octanol–water partition coefficient (Wildman–Crippen LogP) is -3.43. The van der Waals surface area contributed by atoms with Crippen LogP contribution >= 0.6 is 0 Å². The van der Waals surface area contributed by atoms with Crippen LogP contribution in [0.3, 0.4) is 0 Å². The molecule has 1 aromatic carbocycles. The summed E-state index contributed by atoms with van der Waals surface area (Å²) < 4.78 is 0. The highest BCUT2D eigenvalue weighted by molar-refractivity contribution is 5.95. The fourth-order valence-electron chi connectivity index (χ4n) is 2.78. The second-order valence-electron chi connectivity index (χ2n) is 7.39. The molecule has 0 aliphatic carbocycles. The minimum Gasteiger partial charge on any atom is -0.508 e. The molecule has 1 aromatic rings. The molecule has 11 N–H and O–H groups in total. The number of aliphatic carboxylic acids is 1. The molecular formula is C20H28N6O8. The Labute approximate surface area is 194 Å². The number of hydrogen-bond donors (Lipinski definition) is 8. The molecule has 0 heterocycles. The molecule has 0 fully saturated rings. The van der Waals surface area contributed by atoms with Crippen molar-refractivity contribution in [2.45, 2.75) is 43.8 Å². The van der Waals surface area contributed by atoms with Crippen LogP contribution in [0.5, 0.6) is 5.75 Å². The number of phenolic OH excluding ortho intramolecular Hbond substituents is 1. The first-order chi connectivity index (χ1) is 15.9. The van der Waals surface area contributed by atoms with E-state index in [-0.39, 0.29) is 25.0 Å². The monoisotopic (exact) mass is 480 g/mol. The maximum absolute atomic E-state index is 12.7. The first kappa shape index (κ1) is 27.8.